The average Bonchev–Trinajstić information content (AvgIpc) is 3.23. The zero-order valence-corrected chi connectivity index (χ0v) is 18.7. The zero-order valence-electron chi connectivity index (χ0n) is 18.7. The van der Waals surface area contributed by atoms with Crippen molar-refractivity contribution >= 4 is 0 Å². The molecule has 3 saturated carbocycles. The van der Waals surface area contributed by atoms with Gasteiger partial charge in [0.05, 0.1) is 12.9 Å². The molecule has 36 heavy (non-hydrogen) atoms. The zero-order chi connectivity index (χ0) is 26.0. The summed E-state index contributed by atoms with van der Waals surface area (Å²) >= 11 is 0. The first-order chi connectivity index (χ1) is 16.8. The number of aromatic nitrogens is 2. The summed E-state index contributed by atoms with van der Waals surface area (Å²) < 4.78 is 104. The molecule has 0 saturated heterocycles. The number of aliphatic hydroxyl groups is 1. The molecule has 192 valence electrons. The summed E-state index contributed by atoms with van der Waals surface area (Å²) in [6.45, 7) is -2.15. The van der Waals surface area contributed by atoms with Crippen molar-refractivity contribution in [2.75, 3.05) is 6.61 Å². The summed E-state index contributed by atoms with van der Waals surface area (Å²) in [4.78, 5) is 3.79. The van der Waals surface area contributed by atoms with E-state index in [9.17, 15) is 27.1 Å². The lowest BCUT2D eigenvalue weighted by molar-refractivity contribution is -0.347. The van der Waals surface area contributed by atoms with Crippen LogP contribution >= 0.6 is 0 Å². The number of imidazole rings is 1. The van der Waals surface area contributed by atoms with Gasteiger partial charge in [0.2, 0.25) is 0 Å². The number of halogens is 7. The highest BCUT2D eigenvalue weighted by atomic mass is 19.4. The summed E-state index contributed by atoms with van der Waals surface area (Å²) in [6.07, 6.45) is -0.608. The Hall–Kier alpha value is -3.08. The molecule has 11 heteroatoms. The van der Waals surface area contributed by atoms with Crippen molar-refractivity contribution in [3.05, 3.63) is 83.9 Å². The molecule has 1 atom stereocenters. The standard InChI is InChI=1S/C25H21F7N2O2/c26-17-3-6-19(20(27)9-17)23(35,13-34-8-7-33-15-34)25(31,32)22-10-21(11-22,12-22)16-1-4-18(5-2-16)36-14-24(28,29)30/h1-9,15,35H,10-14H2/t21?,22?,23-/m1/s1. The van der Waals surface area contributed by atoms with Gasteiger partial charge in [0.25, 0.3) is 5.92 Å². The minimum atomic E-state index is -4.48. The molecule has 0 amide bonds. The molecule has 3 aromatic rings. The highest BCUT2D eigenvalue weighted by molar-refractivity contribution is 5.44. The van der Waals surface area contributed by atoms with Crippen LogP contribution in [-0.2, 0) is 17.6 Å². The van der Waals surface area contributed by atoms with Crippen molar-refractivity contribution in [1.29, 1.82) is 0 Å². The van der Waals surface area contributed by atoms with Crippen LogP contribution < -0.4 is 4.74 Å². The van der Waals surface area contributed by atoms with Crippen molar-refractivity contribution < 1.29 is 40.6 Å². The van der Waals surface area contributed by atoms with Crippen LogP contribution in [0.25, 0.3) is 0 Å². The molecule has 6 rings (SSSR count). The summed E-state index contributed by atoms with van der Waals surface area (Å²) in [5.74, 6) is -6.05. The molecule has 0 spiro atoms. The number of nitrogens with zero attached hydrogens (tertiary/aromatic N) is 2. The second-order valence-corrected chi connectivity index (χ2v) is 9.81. The second-order valence-electron chi connectivity index (χ2n) is 9.81. The fourth-order valence-electron chi connectivity index (χ4n) is 5.76. The van der Waals surface area contributed by atoms with Gasteiger partial charge in [-0.15, -0.1) is 0 Å². The lowest BCUT2D eigenvalue weighted by atomic mass is 9.30. The van der Waals surface area contributed by atoms with E-state index in [1.807, 2.05) is 0 Å². The Kier molecular flexibility index (Phi) is 5.44. The summed E-state index contributed by atoms with van der Waals surface area (Å²) in [6, 6.07) is 7.91. The Labute approximate surface area is 201 Å². The molecule has 1 N–H and O–H groups in total. The van der Waals surface area contributed by atoms with Gasteiger partial charge in [0, 0.05) is 29.4 Å². The first-order valence-corrected chi connectivity index (χ1v) is 11.1. The van der Waals surface area contributed by atoms with E-state index in [4.69, 9.17) is 4.74 Å². The number of benzene rings is 2. The third kappa shape index (κ3) is 3.75. The topological polar surface area (TPSA) is 47.3 Å². The normalized spacial score (nSPS) is 25.0. The third-order valence-corrected chi connectivity index (χ3v) is 7.43. The number of ether oxygens (including phenoxy) is 1. The molecule has 1 aromatic heterocycles. The Morgan fingerprint density at radius 3 is 2.19 bits per heavy atom. The first kappa shape index (κ1) is 24.6. The summed E-state index contributed by atoms with van der Waals surface area (Å²) in [5, 5.41) is 11.4. The van der Waals surface area contributed by atoms with Crippen LogP contribution in [0.4, 0.5) is 30.7 Å². The molecule has 1 heterocycles. The number of rotatable bonds is 8. The summed E-state index contributed by atoms with van der Waals surface area (Å²) in [7, 11) is 0. The van der Waals surface area contributed by atoms with Gasteiger partial charge in [0.1, 0.15) is 17.4 Å². The lowest BCUT2D eigenvalue weighted by Crippen LogP contribution is -2.76. The van der Waals surface area contributed by atoms with Crippen molar-refractivity contribution in [3.8, 4) is 5.75 Å². The Balaban J connectivity index is 1.39. The molecular formula is C25H21F7N2O2. The highest BCUT2D eigenvalue weighted by Gasteiger charge is 2.82. The van der Waals surface area contributed by atoms with Crippen molar-refractivity contribution in [2.45, 2.75) is 48.9 Å². The van der Waals surface area contributed by atoms with Gasteiger partial charge in [0.15, 0.2) is 12.2 Å². The van der Waals surface area contributed by atoms with Crippen LogP contribution in [0, 0.1) is 17.0 Å². The molecule has 2 bridgehead atoms. The number of alkyl halides is 5. The number of hydrogen-bond donors (Lipinski definition) is 1. The molecule has 3 aliphatic carbocycles. The molecule has 3 aliphatic rings. The van der Waals surface area contributed by atoms with Crippen LogP contribution in [0.3, 0.4) is 0 Å². The van der Waals surface area contributed by atoms with Crippen LogP contribution in [-0.4, -0.2) is 33.4 Å². The van der Waals surface area contributed by atoms with E-state index >= 15 is 8.78 Å². The van der Waals surface area contributed by atoms with Gasteiger partial charge in [-0.3, -0.25) is 0 Å². The van der Waals surface area contributed by atoms with Crippen molar-refractivity contribution in [3.63, 3.8) is 0 Å². The first-order valence-electron chi connectivity index (χ1n) is 11.1. The largest absolute Gasteiger partial charge is 0.484 e. The Morgan fingerprint density at radius 1 is 0.972 bits per heavy atom. The van der Waals surface area contributed by atoms with E-state index in [1.165, 1.54) is 35.4 Å². The van der Waals surface area contributed by atoms with Crippen LogP contribution in [0.5, 0.6) is 5.75 Å². The Bertz CT molecular complexity index is 1240. The van der Waals surface area contributed by atoms with Crippen molar-refractivity contribution in [1.82, 2.24) is 9.55 Å². The fraction of sp³-hybridized carbons (Fsp3) is 0.400. The van der Waals surface area contributed by atoms with E-state index in [0.29, 0.717) is 11.6 Å². The van der Waals surface area contributed by atoms with Gasteiger partial charge in [-0.2, -0.15) is 13.2 Å². The predicted molar refractivity (Wildman–Crippen MR) is 113 cm³/mol. The van der Waals surface area contributed by atoms with E-state index in [-0.39, 0.29) is 25.0 Å². The van der Waals surface area contributed by atoms with Gasteiger partial charge in [-0.05, 0) is 54.5 Å². The number of hydrogen-bond acceptors (Lipinski definition) is 3. The highest BCUT2D eigenvalue weighted by Crippen LogP contribution is 2.80. The maximum absolute atomic E-state index is 16.2. The van der Waals surface area contributed by atoms with Crippen LogP contribution in [0.15, 0.2) is 61.2 Å². The fourth-order valence-corrected chi connectivity index (χ4v) is 5.76. The molecule has 2 aromatic carbocycles. The minimum Gasteiger partial charge on any atom is -0.484 e. The van der Waals surface area contributed by atoms with Crippen LogP contribution in [0.2, 0.25) is 0 Å². The molecular weight excluding hydrogens is 493 g/mol. The van der Waals surface area contributed by atoms with E-state index < -0.39 is 58.9 Å². The van der Waals surface area contributed by atoms with Gasteiger partial charge in [-0.25, -0.2) is 22.5 Å². The maximum atomic E-state index is 16.2. The van der Waals surface area contributed by atoms with Crippen molar-refractivity contribution in [2.24, 2.45) is 5.41 Å². The SMILES string of the molecule is O[C@](Cn1ccnc1)(c1ccc(F)cc1F)C(F)(F)C12CC(c3ccc(OCC(F)(F)F)cc3)(C1)C2. The molecule has 0 radical (unpaired) electrons. The molecule has 3 fully saturated rings. The average molecular weight is 514 g/mol. The monoisotopic (exact) mass is 514 g/mol. The second kappa shape index (κ2) is 7.96. The van der Waals surface area contributed by atoms with E-state index in [1.54, 1.807) is 12.1 Å². The van der Waals surface area contributed by atoms with Gasteiger partial charge < -0.3 is 14.4 Å². The predicted octanol–water partition coefficient (Wildman–Crippen LogP) is 5.75. The summed E-state index contributed by atoms with van der Waals surface area (Å²) in [5.41, 5.74) is -5.29. The third-order valence-electron chi connectivity index (χ3n) is 7.43. The Morgan fingerprint density at radius 2 is 1.64 bits per heavy atom. The van der Waals surface area contributed by atoms with E-state index in [2.05, 4.69) is 4.98 Å². The molecule has 0 aliphatic heterocycles. The minimum absolute atomic E-state index is 0.00390. The maximum Gasteiger partial charge on any atom is 0.422 e. The quantitative estimate of drug-likeness (QED) is 0.390. The molecule has 4 nitrogen and oxygen atoms in total. The smallest absolute Gasteiger partial charge is 0.422 e. The van der Waals surface area contributed by atoms with E-state index in [0.717, 1.165) is 12.1 Å². The van der Waals surface area contributed by atoms with Gasteiger partial charge in [-0.1, -0.05) is 12.1 Å². The molecule has 0 unspecified atom stereocenters. The van der Waals surface area contributed by atoms with Gasteiger partial charge >= 0.3 is 6.18 Å². The van der Waals surface area contributed by atoms with Crippen LogP contribution in [0.1, 0.15) is 30.4 Å². The lowest BCUT2D eigenvalue weighted by Gasteiger charge is -2.74.